The summed E-state index contributed by atoms with van der Waals surface area (Å²) < 4.78 is 6.54. The Balaban J connectivity index is 1.02. The lowest BCUT2D eigenvalue weighted by Crippen LogP contribution is -1.98. The lowest BCUT2D eigenvalue weighted by molar-refractivity contribution is 0.488. The Morgan fingerprint density at radius 1 is 0.277 bits per heavy atom. The average molecular weight is 595 g/mol. The third-order valence-corrected chi connectivity index (χ3v) is 10.4. The van der Waals surface area contributed by atoms with Gasteiger partial charge < -0.3 is 4.74 Å². The van der Waals surface area contributed by atoms with Crippen LogP contribution in [0, 0.1) is 0 Å². The van der Waals surface area contributed by atoms with E-state index < -0.39 is 0 Å². The molecule has 0 unspecified atom stereocenters. The number of benzene rings is 10. The van der Waals surface area contributed by atoms with Crippen molar-refractivity contribution in [3.8, 4) is 44.9 Å². The second-order valence-corrected chi connectivity index (χ2v) is 12.9. The number of ether oxygens (including phenoxy) is 1. The zero-order chi connectivity index (χ0) is 30.6. The van der Waals surface area contributed by atoms with E-state index in [0.29, 0.717) is 0 Å². The van der Waals surface area contributed by atoms with Gasteiger partial charge in [-0.3, -0.25) is 0 Å². The Kier molecular flexibility index (Phi) is 4.90. The molecule has 0 radical (unpaired) electrons. The third kappa shape index (κ3) is 3.54. The molecule has 0 aliphatic carbocycles. The first-order valence-corrected chi connectivity index (χ1v) is 16.2. The monoisotopic (exact) mass is 594 g/mol. The summed E-state index contributed by atoms with van der Waals surface area (Å²) in [5, 5.41) is 15.3. The molecule has 0 amide bonds. The Labute approximate surface area is 271 Å². The van der Waals surface area contributed by atoms with E-state index in [0.717, 1.165) is 17.1 Å². The molecule has 0 fully saturated rings. The van der Waals surface area contributed by atoms with E-state index in [4.69, 9.17) is 4.74 Å². The first-order valence-electron chi connectivity index (χ1n) is 16.2. The highest BCUT2D eigenvalue weighted by Crippen LogP contribution is 2.49. The van der Waals surface area contributed by atoms with E-state index in [1.807, 2.05) is 0 Å². The molecule has 1 aliphatic rings. The summed E-state index contributed by atoms with van der Waals surface area (Å²) in [5.74, 6) is 1.84. The summed E-state index contributed by atoms with van der Waals surface area (Å²) in [6.07, 6.45) is 0. The minimum absolute atomic E-state index is 0.905. The van der Waals surface area contributed by atoms with Crippen LogP contribution in [-0.4, -0.2) is 0 Å². The topological polar surface area (TPSA) is 9.23 Å². The second-order valence-electron chi connectivity index (χ2n) is 12.9. The van der Waals surface area contributed by atoms with Crippen LogP contribution in [0.5, 0.6) is 11.5 Å². The van der Waals surface area contributed by atoms with Gasteiger partial charge in [0, 0.05) is 10.9 Å². The minimum Gasteiger partial charge on any atom is -0.456 e. The molecule has 11 rings (SSSR count). The summed E-state index contributed by atoms with van der Waals surface area (Å²) in [6.45, 7) is 0. The molecule has 0 aromatic heterocycles. The van der Waals surface area contributed by atoms with Crippen LogP contribution in [0.3, 0.4) is 0 Å². The van der Waals surface area contributed by atoms with E-state index in [1.165, 1.54) is 92.5 Å². The summed E-state index contributed by atoms with van der Waals surface area (Å²) >= 11 is 0. The Morgan fingerprint density at radius 3 is 1.81 bits per heavy atom. The highest BCUT2D eigenvalue weighted by Gasteiger charge is 2.22. The highest BCUT2D eigenvalue weighted by atomic mass is 16.5. The van der Waals surface area contributed by atoms with Gasteiger partial charge in [0.1, 0.15) is 11.5 Å². The van der Waals surface area contributed by atoms with Gasteiger partial charge in [-0.2, -0.15) is 0 Å². The molecule has 0 bridgehead atoms. The van der Waals surface area contributed by atoms with Crippen LogP contribution in [0.4, 0.5) is 0 Å². The maximum absolute atomic E-state index is 6.54. The van der Waals surface area contributed by atoms with E-state index in [1.54, 1.807) is 0 Å². The SMILES string of the molecule is c1ccc2c(c1)cc1c3c(cccc32)-c2cc(-c3ccc4cc(-c5ccc6ccc7cccc8ccc5c6c78)ccc4c3)ccc2O1. The minimum atomic E-state index is 0.905. The smallest absolute Gasteiger partial charge is 0.136 e. The van der Waals surface area contributed by atoms with Crippen molar-refractivity contribution in [1.82, 2.24) is 0 Å². The van der Waals surface area contributed by atoms with Crippen LogP contribution in [-0.2, 0) is 0 Å². The van der Waals surface area contributed by atoms with E-state index in [9.17, 15) is 0 Å². The van der Waals surface area contributed by atoms with Crippen LogP contribution >= 0.6 is 0 Å². The Hall–Kier alpha value is -6.18. The van der Waals surface area contributed by atoms with Gasteiger partial charge in [-0.25, -0.2) is 0 Å². The zero-order valence-corrected chi connectivity index (χ0v) is 25.4. The molecule has 0 saturated carbocycles. The average Bonchev–Trinajstić information content (AvgIpc) is 3.13. The van der Waals surface area contributed by atoms with E-state index in [-0.39, 0.29) is 0 Å². The molecule has 216 valence electrons. The zero-order valence-electron chi connectivity index (χ0n) is 25.4. The van der Waals surface area contributed by atoms with Gasteiger partial charge in [0.05, 0.1) is 0 Å². The fourth-order valence-electron chi connectivity index (χ4n) is 8.14. The fraction of sp³-hybridized carbons (Fsp3) is 0. The molecular formula is C46H26O. The number of hydrogen-bond donors (Lipinski definition) is 0. The van der Waals surface area contributed by atoms with Gasteiger partial charge in [0.15, 0.2) is 0 Å². The molecule has 1 nitrogen and oxygen atoms in total. The summed E-state index contributed by atoms with van der Waals surface area (Å²) in [4.78, 5) is 0. The van der Waals surface area contributed by atoms with Crippen LogP contribution in [0.1, 0.15) is 0 Å². The number of fused-ring (bicyclic) bond motifs is 5. The van der Waals surface area contributed by atoms with Gasteiger partial charge in [0.25, 0.3) is 0 Å². The van der Waals surface area contributed by atoms with Crippen molar-refractivity contribution in [1.29, 1.82) is 0 Å². The van der Waals surface area contributed by atoms with Crippen molar-refractivity contribution in [3.05, 3.63) is 158 Å². The molecule has 1 aliphatic heterocycles. The summed E-state index contributed by atoms with van der Waals surface area (Å²) in [6, 6.07) is 57.9. The van der Waals surface area contributed by atoms with Crippen LogP contribution in [0.25, 0.3) is 98.0 Å². The summed E-state index contributed by atoms with van der Waals surface area (Å²) in [5.41, 5.74) is 7.27. The van der Waals surface area contributed by atoms with Crippen molar-refractivity contribution in [2.75, 3.05) is 0 Å². The molecular weight excluding hydrogens is 569 g/mol. The normalized spacial score (nSPS) is 12.4. The second kappa shape index (κ2) is 9.19. The maximum atomic E-state index is 6.54. The van der Waals surface area contributed by atoms with Gasteiger partial charge in [0.2, 0.25) is 0 Å². The maximum Gasteiger partial charge on any atom is 0.136 e. The van der Waals surface area contributed by atoms with Crippen LogP contribution < -0.4 is 4.74 Å². The quantitative estimate of drug-likeness (QED) is 0.181. The molecule has 1 heteroatoms. The molecule has 1 heterocycles. The standard InChI is InChI=1S/C46H26O/c1-2-8-36-34(5-1)26-43-46-38(36)9-4-10-39(46)41-25-33(19-22-42(41)47-43)31-13-14-32-24-35(16-15-30(32)23-31)37-20-17-29-12-11-27-6-3-7-28-18-21-40(37)45(29)44(27)28/h1-26H. The number of hydrogen-bond acceptors (Lipinski definition) is 1. The molecule has 0 atom stereocenters. The molecule has 10 aromatic carbocycles. The van der Waals surface area contributed by atoms with Crippen molar-refractivity contribution < 1.29 is 4.74 Å². The van der Waals surface area contributed by atoms with E-state index in [2.05, 4.69) is 158 Å². The fourth-order valence-corrected chi connectivity index (χ4v) is 8.14. The summed E-state index contributed by atoms with van der Waals surface area (Å²) in [7, 11) is 0. The first-order chi connectivity index (χ1) is 23.3. The first kappa shape index (κ1) is 25.1. The predicted octanol–water partition coefficient (Wildman–Crippen LogP) is 13.2. The third-order valence-electron chi connectivity index (χ3n) is 10.4. The Morgan fingerprint density at radius 2 is 0.915 bits per heavy atom. The van der Waals surface area contributed by atoms with Gasteiger partial charge in [-0.1, -0.05) is 127 Å². The molecule has 47 heavy (non-hydrogen) atoms. The van der Waals surface area contributed by atoms with Crippen molar-refractivity contribution in [2.45, 2.75) is 0 Å². The van der Waals surface area contributed by atoms with Crippen LogP contribution in [0.2, 0.25) is 0 Å². The van der Waals surface area contributed by atoms with Gasteiger partial charge in [-0.05, 0) is 117 Å². The molecule has 0 N–H and O–H groups in total. The van der Waals surface area contributed by atoms with Crippen molar-refractivity contribution in [2.24, 2.45) is 0 Å². The van der Waals surface area contributed by atoms with Crippen LogP contribution in [0.15, 0.2) is 158 Å². The van der Waals surface area contributed by atoms with Gasteiger partial charge >= 0.3 is 0 Å². The van der Waals surface area contributed by atoms with Crippen molar-refractivity contribution in [3.63, 3.8) is 0 Å². The molecule has 0 spiro atoms. The predicted molar refractivity (Wildman–Crippen MR) is 199 cm³/mol. The van der Waals surface area contributed by atoms with Crippen molar-refractivity contribution >= 4 is 64.6 Å². The lowest BCUT2D eigenvalue weighted by Gasteiger charge is -2.23. The Bertz CT molecular complexity index is 2910. The molecule has 10 aromatic rings. The van der Waals surface area contributed by atoms with Gasteiger partial charge in [-0.15, -0.1) is 0 Å². The van der Waals surface area contributed by atoms with E-state index >= 15 is 0 Å². The lowest BCUT2D eigenvalue weighted by atomic mass is 9.89. The molecule has 0 saturated heterocycles. The number of rotatable bonds is 2. The largest absolute Gasteiger partial charge is 0.456 e. The highest BCUT2D eigenvalue weighted by molar-refractivity contribution is 6.25.